The number of benzene rings is 1. The van der Waals surface area contributed by atoms with E-state index in [4.69, 9.17) is 4.74 Å². The molecule has 90 valence electrons. The molecule has 0 unspecified atom stereocenters. The normalized spacial score (nSPS) is 13.9. The number of nitrogens with one attached hydrogen (secondary N) is 2. The van der Waals surface area contributed by atoms with E-state index in [-0.39, 0.29) is 11.8 Å². The van der Waals surface area contributed by atoms with Crippen LogP contribution in [0.1, 0.15) is 12.8 Å². The number of imide groups is 1. The summed E-state index contributed by atoms with van der Waals surface area (Å²) in [5.41, 5.74) is 0.588. The topological polar surface area (TPSA) is 67.4 Å². The van der Waals surface area contributed by atoms with E-state index < -0.39 is 6.03 Å². The van der Waals surface area contributed by atoms with Crippen LogP contribution < -0.4 is 15.4 Å². The second-order valence-corrected chi connectivity index (χ2v) is 3.95. The van der Waals surface area contributed by atoms with Crippen molar-refractivity contribution in [3.05, 3.63) is 24.3 Å². The summed E-state index contributed by atoms with van der Waals surface area (Å²) in [6.45, 7) is 0. The Hall–Kier alpha value is -2.04. The van der Waals surface area contributed by atoms with Gasteiger partial charge in [-0.25, -0.2) is 4.79 Å². The van der Waals surface area contributed by atoms with Crippen molar-refractivity contribution in [1.29, 1.82) is 0 Å². The van der Waals surface area contributed by atoms with E-state index in [1.165, 1.54) is 0 Å². The molecular formula is C12H14N2O3. The number of carbonyl (C=O) groups is 2. The van der Waals surface area contributed by atoms with Crippen LogP contribution in [-0.2, 0) is 4.79 Å². The van der Waals surface area contributed by atoms with Crippen LogP contribution in [-0.4, -0.2) is 19.0 Å². The first-order chi connectivity index (χ1) is 8.19. The Morgan fingerprint density at radius 1 is 1.35 bits per heavy atom. The zero-order valence-corrected chi connectivity index (χ0v) is 9.53. The van der Waals surface area contributed by atoms with Crippen LogP contribution in [0.2, 0.25) is 0 Å². The van der Waals surface area contributed by atoms with Gasteiger partial charge in [0.1, 0.15) is 5.75 Å². The SMILES string of the molecule is COc1cccc(NC(=O)NC(=O)C2CC2)c1. The highest BCUT2D eigenvalue weighted by Gasteiger charge is 2.30. The van der Waals surface area contributed by atoms with Gasteiger partial charge in [-0.1, -0.05) is 6.07 Å². The molecule has 0 atom stereocenters. The predicted octanol–water partition coefficient (Wildman–Crippen LogP) is 1.75. The predicted molar refractivity (Wildman–Crippen MR) is 62.9 cm³/mol. The molecule has 0 radical (unpaired) electrons. The number of methoxy groups -OCH3 is 1. The summed E-state index contributed by atoms with van der Waals surface area (Å²) in [5.74, 6) is 0.466. The summed E-state index contributed by atoms with van der Waals surface area (Å²) in [5, 5.41) is 4.88. The monoisotopic (exact) mass is 234 g/mol. The third-order valence-corrected chi connectivity index (χ3v) is 2.51. The Bertz CT molecular complexity index is 441. The van der Waals surface area contributed by atoms with Gasteiger partial charge < -0.3 is 10.1 Å². The molecule has 5 heteroatoms. The summed E-state index contributed by atoms with van der Waals surface area (Å²) >= 11 is 0. The molecule has 0 aromatic heterocycles. The fraction of sp³-hybridized carbons (Fsp3) is 0.333. The van der Waals surface area contributed by atoms with Crippen molar-refractivity contribution in [2.75, 3.05) is 12.4 Å². The smallest absolute Gasteiger partial charge is 0.325 e. The number of hydrogen-bond acceptors (Lipinski definition) is 3. The molecule has 3 amide bonds. The highest BCUT2D eigenvalue weighted by molar-refractivity contribution is 6.02. The molecule has 1 aromatic carbocycles. The van der Waals surface area contributed by atoms with Gasteiger partial charge in [0, 0.05) is 17.7 Å². The van der Waals surface area contributed by atoms with E-state index in [1.807, 2.05) is 0 Å². The van der Waals surface area contributed by atoms with Gasteiger partial charge in [0.2, 0.25) is 5.91 Å². The standard InChI is InChI=1S/C12H14N2O3/c1-17-10-4-2-3-9(7-10)13-12(16)14-11(15)8-5-6-8/h2-4,7-8H,5-6H2,1H3,(H2,13,14,15,16). The number of hydrogen-bond donors (Lipinski definition) is 2. The van der Waals surface area contributed by atoms with Crippen molar-refractivity contribution in [2.24, 2.45) is 5.92 Å². The quantitative estimate of drug-likeness (QED) is 0.837. The summed E-state index contributed by atoms with van der Waals surface area (Å²) in [4.78, 5) is 22.8. The molecule has 0 spiro atoms. The average molecular weight is 234 g/mol. The third kappa shape index (κ3) is 3.21. The van der Waals surface area contributed by atoms with E-state index in [1.54, 1.807) is 31.4 Å². The molecule has 1 aliphatic rings. The fourth-order valence-corrected chi connectivity index (χ4v) is 1.42. The van der Waals surface area contributed by atoms with Gasteiger partial charge >= 0.3 is 6.03 Å². The highest BCUT2D eigenvalue weighted by atomic mass is 16.5. The van der Waals surface area contributed by atoms with Crippen molar-refractivity contribution in [2.45, 2.75) is 12.8 Å². The lowest BCUT2D eigenvalue weighted by atomic mass is 10.3. The molecule has 17 heavy (non-hydrogen) atoms. The number of amides is 3. The highest BCUT2D eigenvalue weighted by Crippen LogP contribution is 2.28. The first kappa shape index (κ1) is 11.4. The van der Waals surface area contributed by atoms with Crippen molar-refractivity contribution >= 4 is 17.6 Å². The van der Waals surface area contributed by atoms with Crippen LogP contribution in [0.4, 0.5) is 10.5 Å². The molecule has 0 bridgehead atoms. The first-order valence-electron chi connectivity index (χ1n) is 5.45. The molecule has 0 saturated heterocycles. The average Bonchev–Trinajstić information content (AvgIpc) is 3.12. The Labute approximate surface area is 99.2 Å². The van der Waals surface area contributed by atoms with Crippen LogP contribution in [0.25, 0.3) is 0 Å². The minimum absolute atomic E-state index is 0.0195. The molecule has 1 aromatic rings. The number of rotatable bonds is 3. The van der Waals surface area contributed by atoms with E-state index >= 15 is 0 Å². The van der Waals surface area contributed by atoms with E-state index in [0.29, 0.717) is 11.4 Å². The maximum atomic E-state index is 11.5. The van der Waals surface area contributed by atoms with E-state index in [9.17, 15) is 9.59 Å². The third-order valence-electron chi connectivity index (χ3n) is 2.51. The minimum Gasteiger partial charge on any atom is -0.497 e. The maximum Gasteiger partial charge on any atom is 0.325 e. The second-order valence-electron chi connectivity index (χ2n) is 3.95. The number of carbonyl (C=O) groups excluding carboxylic acids is 2. The largest absolute Gasteiger partial charge is 0.497 e. The molecule has 5 nitrogen and oxygen atoms in total. The zero-order valence-electron chi connectivity index (χ0n) is 9.53. The molecule has 1 fully saturated rings. The molecule has 0 heterocycles. The van der Waals surface area contributed by atoms with Crippen LogP contribution in [0.15, 0.2) is 24.3 Å². The molecule has 2 N–H and O–H groups in total. The van der Waals surface area contributed by atoms with Gasteiger partial charge in [0.05, 0.1) is 7.11 Å². The summed E-state index contributed by atoms with van der Waals surface area (Å²) in [6.07, 6.45) is 1.75. The van der Waals surface area contributed by atoms with E-state index in [0.717, 1.165) is 12.8 Å². The second kappa shape index (κ2) is 4.86. The molecule has 0 aliphatic heterocycles. The number of urea groups is 1. The van der Waals surface area contributed by atoms with Crippen molar-refractivity contribution in [1.82, 2.24) is 5.32 Å². The van der Waals surface area contributed by atoms with Gasteiger partial charge in [0.25, 0.3) is 0 Å². The van der Waals surface area contributed by atoms with Crippen LogP contribution in [0, 0.1) is 5.92 Å². The lowest BCUT2D eigenvalue weighted by Gasteiger charge is -2.07. The number of ether oxygens (including phenoxy) is 1. The van der Waals surface area contributed by atoms with Crippen molar-refractivity contribution in [3.8, 4) is 5.75 Å². The van der Waals surface area contributed by atoms with Gasteiger partial charge in [-0.05, 0) is 25.0 Å². The minimum atomic E-state index is -0.504. The maximum absolute atomic E-state index is 11.5. The Morgan fingerprint density at radius 3 is 2.76 bits per heavy atom. The molecule has 1 saturated carbocycles. The van der Waals surface area contributed by atoms with Crippen molar-refractivity contribution in [3.63, 3.8) is 0 Å². The number of anilines is 1. The Kier molecular flexibility index (Phi) is 3.27. The summed E-state index contributed by atoms with van der Waals surface area (Å²) in [6, 6.07) is 6.44. The summed E-state index contributed by atoms with van der Waals surface area (Å²) in [7, 11) is 1.55. The van der Waals surface area contributed by atoms with Gasteiger partial charge in [-0.15, -0.1) is 0 Å². The lowest BCUT2D eigenvalue weighted by Crippen LogP contribution is -2.35. The molecule has 2 rings (SSSR count). The van der Waals surface area contributed by atoms with Crippen LogP contribution in [0.5, 0.6) is 5.75 Å². The fourth-order valence-electron chi connectivity index (χ4n) is 1.42. The molecular weight excluding hydrogens is 220 g/mol. The Balaban J connectivity index is 1.90. The van der Waals surface area contributed by atoms with Gasteiger partial charge in [-0.3, -0.25) is 10.1 Å². The first-order valence-corrected chi connectivity index (χ1v) is 5.45. The van der Waals surface area contributed by atoms with Crippen LogP contribution in [0.3, 0.4) is 0 Å². The van der Waals surface area contributed by atoms with Crippen molar-refractivity contribution < 1.29 is 14.3 Å². The lowest BCUT2D eigenvalue weighted by molar-refractivity contribution is -0.121. The van der Waals surface area contributed by atoms with Crippen LogP contribution >= 0.6 is 0 Å². The van der Waals surface area contributed by atoms with Gasteiger partial charge in [-0.2, -0.15) is 0 Å². The summed E-state index contributed by atoms with van der Waals surface area (Å²) < 4.78 is 5.03. The van der Waals surface area contributed by atoms with E-state index in [2.05, 4.69) is 10.6 Å². The van der Waals surface area contributed by atoms with Gasteiger partial charge in [0.15, 0.2) is 0 Å². The molecule has 1 aliphatic carbocycles. The Morgan fingerprint density at radius 2 is 2.12 bits per heavy atom. The zero-order chi connectivity index (χ0) is 12.3.